The van der Waals surface area contributed by atoms with Crippen LogP contribution in [-0.4, -0.2) is 9.13 Å². The summed E-state index contributed by atoms with van der Waals surface area (Å²) in [7, 11) is 0. The van der Waals surface area contributed by atoms with E-state index in [1.807, 2.05) is 18.3 Å². The van der Waals surface area contributed by atoms with Crippen molar-refractivity contribution in [2.24, 2.45) is 0 Å². The zero-order valence-corrected chi connectivity index (χ0v) is 19.6. The lowest BCUT2D eigenvalue weighted by Crippen LogP contribution is -2.19. The van der Waals surface area contributed by atoms with Crippen LogP contribution in [0.4, 0.5) is 0 Å². The summed E-state index contributed by atoms with van der Waals surface area (Å²) in [5, 5.41) is 5.20. The minimum absolute atomic E-state index is 0.0292. The molecule has 4 aromatic rings. The van der Waals surface area contributed by atoms with Crippen molar-refractivity contribution in [2.75, 3.05) is 0 Å². The summed E-state index contributed by atoms with van der Waals surface area (Å²) in [6.07, 6.45) is 4.48. The van der Waals surface area contributed by atoms with Crippen LogP contribution in [0.1, 0.15) is 54.2 Å². The maximum Gasteiger partial charge on any atom is 0.255 e. The lowest BCUT2D eigenvalue weighted by molar-refractivity contribution is 0.734. The third-order valence-corrected chi connectivity index (χ3v) is 7.39. The number of aromatic nitrogens is 2. The van der Waals surface area contributed by atoms with Crippen LogP contribution < -0.4 is 11.1 Å². The lowest BCUT2D eigenvalue weighted by Gasteiger charge is -2.11. The average Bonchev–Trinajstić information content (AvgIpc) is 3.40. The summed E-state index contributed by atoms with van der Waals surface area (Å²) >= 11 is 3.28. The molecule has 0 aliphatic carbocycles. The molecule has 0 bridgehead atoms. The fourth-order valence-corrected chi connectivity index (χ4v) is 5.63. The summed E-state index contributed by atoms with van der Waals surface area (Å²) in [5.74, 6) is 0.759. The van der Waals surface area contributed by atoms with E-state index in [4.69, 9.17) is 0 Å². The molecule has 160 valence electrons. The third-order valence-electron chi connectivity index (χ3n) is 5.50. The first-order valence-electron chi connectivity index (χ1n) is 10.4. The molecule has 0 aliphatic rings. The van der Waals surface area contributed by atoms with E-state index in [9.17, 15) is 9.59 Å². The van der Waals surface area contributed by atoms with Crippen LogP contribution in [0.2, 0.25) is 0 Å². The predicted molar refractivity (Wildman–Crippen MR) is 130 cm³/mol. The van der Waals surface area contributed by atoms with Gasteiger partial charge in [0.25, 0.3) is 11.1 Å². The monoisotopic (exact) mass is 450 g/mol. The Hall–Kier alpha value is -2.70. The van der Waals surface area contributed by atoms with Crippen LogP contribution in [0.15, 0.2) is 75.2 Å². The number of hydrogen-bond donors (Lipinski definition) is 0. The van der Waals surface area contributed by atoms with Crippen LogP contribution >= 0.6 is 22.7 Å². The maximum absolute atomic E-state index is 12.7. The first-order chi connectivity index (χ1) is 14.9. The van der Waals surface area contributed by atoms with Gasteiger partial charge < -0.3 is 4.57 Å². The topological polar surface area (TPSA) is 44.0 Å². The highest BCUT2D eigenvalue weighted by Crippen LogP contribution is 2.27. The van der Waals surface area contributed by atoms with Crippen molar-refractivity contribution >= 4 is 22.7 Å². The van der Waals surface area contributed by atoms with E-state index >= 15 is 0 Å². The molecule has 4 heterocycles. The molecule has 0 saturated heterocycles. The highest BCUT2D eigenvalue weighted by atomic mass is 32.1. The molecule has 4 rings (SSSR count). The van der Waals surface area contributed by atoms with E-state index < -0.39 is 0 Å². The van der Waals surface area contributed by atoms with E-state index in [0.717, 1.165) is 17.0 Å². The van der Waals surface area contributed by atoms with Crippen LogP contribution in [0.25, 0.3) is 5.00 Å². The molecule has 0 amide bonds. The minimum atomic E-state index is -0.0292. The van der Waals surface area contributed by atoms with Gasteiger partial charge >= 0.3 is 0 Å². The molecule has 4 nitrogen and oxygen atoms in total. The smallest absolute Gasteiger partial charge is 0.255 e. The Morgan fingerprint density at radius 3 is 2.39 bits per heavy atom. The van der Waals surface area contributed by atoms with Gasteiger partial charge in [-0.3, -0.25) is 14.2 Å². The van der Waals surface area contributed by atoms with E-state index in [1.54, 1.807) is 56.2 Å². The summed E-state index contributed by atoms with van der Waals surface area (Å²) in [6, 6.07) is 13.2. The Labute approximate surface area is 190 Å². The molecule has 31 heavy (non-hydrogen) atoms. The predicted octanol–water partition coefficient (Wildman–Crippen LogP) is 5.64. The number of hydrogen-bond acceptors (Lipinski definition) is 4. The molecule has 4 aromatic heterocycles. The molecule has 0 N–H and O–H groups in total. The molecular formula is C25H26N2O2S2. The Kier molecular flexibility index (Phi) is 6.39. The largest absolute Gasteiger partial charge is 0.310 e. The SMILES string of the molecule is CC(C)c1csc(Cn2ccc(CC(C)c3csc(-n4ccccc4=O)c3)cc2=O)c1. The summed E-state index contributed by atoms with van der Waals surface area (Å²) in [6.45, 7) is 7.14. The molecule has 1 atom stereocenters. The van der Waals surface area contributed by atoms with Crippen LogP contribution in [0.5, 0.6) is 0 Å². The number of rotatable bonds is 7. The van der Waals surface area contributed by atoms with Gasteiger partial charge in [-0.15, -0.1) is 22.7 Å². The normalized spacial score (nSPS) is 12.4. The van der Waals surface area contributed by atoms with Gasteiger partial charge in [0.2, 0.25) is 0 Å². The molecule has 0 saturated carbocycles. The standard InChI is InChI=1S/C25H26N2O2S2/c1-17(2)20-12-22(30-15-20)14-26-9-7-19(11-24(26)29)10-18(3)21-13-25(31-16-21)27-8-5-4-6-23(27)28/h4-9,11-13,15-18H,10,14H2,1-3H3. The summed E-state index contributed by atoms with van der Waals surface area (Å²) in [5.41, 5.74) is 3.54. The van der Waals surface area contributed by atoms with E-state index in [1.165, 1.54) is 16.0 Å². The van der Waals surface area contributed by atoms with Crippen molar-refractivity contribution in [1.82, 2.24) is 9.13 Å². The van der Waals surface area contributed by atoms with Crippen LogP contribution in [0, 0.1) is 0 Å². The van der Waals surface area contributed by atoms with Gasteiger partial charge in [-0.05, 0) is 70.0 Å². The second-order valence-corrected chi connectivity index (χ2v) is 10.1. The molecule has 1 unspecified atom stereocenters. The Balaban J connectivity index is 1.46. The van der Waals surface area contributed by atoms with Gasteiger partial charge in [-0.25, -0.2) is 0 Å². The van der Waals surface area contributed by atoms with Crippen molar-refractivity contribution < 1.29 is 0 Å². The fourth-order valence-electron chi connectivity index (χ4n) is 3.56. The second-order valence-electron chi connectivity index (χ2n) is 8.23. The van der Waals surface area contributed by atoms with E-state index in [-0.39, 0.29) is 17.0 Å². The number of pyridine rings is 2. The Morgan fingerprint density at radius 1 is 0.871 bits per heavy atom. The Bertz CT molecular complexity index is 1290. The minimum Gasteiger partial charge on any atom is -0.310 e. The van der Waals surface area contributed by atoms with Crippen molar-refractivity contribution in [3.8, 4) is 5.00 Å². The Morgan fingerprint density at radius 2 is 1.68 bits per heavy atom. The molecule has 0 radical (unpaired) electrons. The van der Waals surface area contributed by atoms with Gasteiger partial charge in [-0.1, -0.05) is 26.8 Å². The van der Waals surface area contributed by atoms with Gasteiger partial charge in [0, 0.05) is 29.4 Å². The molecular weight excluding hydrogens is 424 g/mol. The molecule has 0 aromatic carbocycles. The molecule has 6 heteroatoms. The maximum atomic E-state index is 12.7. The zero-order valence-electron chi connectivity index (χ0n) is 17.9. The van der Waals surface area contributed by atoms with E-state index in [2.05, 4.69) is 43.7 Å². The quantitative estimate of drug-likeness (QED) is 0.366. The summed E-state index contributed by atoms with van der Waals surface area (Å²) < 4.78 is 3.44. The first-order valence-corrected chi connectivity index (χ1v) is 12.2. The number of thiophene rings is 2. The molecule has 0 aliphatic heterocycles. The second kappa shape index (κ2) is 9.20. The van der Waals surface area contributed by atoms with Gasteiger partial charge in [0.05, 0.1) is 6.54 Å². The van der Waals surface area contributed by atoms with Crippen molar-refractivity contribution in [2.45, 2.75) is 45.6 Å². The fraction of sp³-hybridized carbons (Fsp3) is 0.280. The highest BCUT2D eigenvalue weighted by molar-refractivity contribution is 7.12. The first kappa shape index (κ1) is 21.5. The van der Waals surface area contributed by atoms with Gasteiger partial charge in [0.15, 0.2) is 0 Å². The summed E-state index contributed by atoms with van der Waals surface area (Å²) in [4.78, 5) is 25.9. The van der Waals surface area contributed by atoms with Crippen LogP contribution in [-0.2, 0) is 13.0 Å². The highest BCUT2D eigenvalue weighted by Gasteiger charge is 2.12. The van der Waals surface area contributed by atoms with E-state index in [0.29, 0.717) is 12.5 Å². The lowest BCUT2D eigenvalue weighted by atomic mass is 9.96. The van der Waals surface area contributed by atoms with Gasteiger partial charge in [0.1, 0.15) is 5.00 Å². The van der Waals surface area contributed by atoms with Crippen molar-refractivity contribution in [3.63, 3.8) is 0 Å². The average molecular weight is 451 g/mol. The number of nitrogens with zero attached hydrogens (tertiary/aromatic N) is 2. The van der Waals surface area contributed by atoms with Crippen molar-refractivity contribution in [1.29, 1.82) is 0 Å². The third kappa shape index (κ3) is 4.97. The molecule has 0 fully saturated rings. The van der Waals surface area contributed by atoms with Crippen LogP contribution in [0.3, 0.4) is 0 Å². The van der Waals surface area contributed by atoms with Gasteiger partial charge in [-0.2, -0.15) is 0 Å². The zero-order chi connectivity index (χ0) is 22.0. The van der Waals surface area contributed by atoms with Crippen molar-refractivity contribution in [3.05, 3.63) is 108 Å². The molecule has 0 spiro atoms.